The van der Waals surface area contributed by atoms with E-state index in [-0.39, 0.29) is 10.8 Å². The average Bonchev–Trinajstić information content (AvgIpc) is 2.51. The third-order valence-corrected chi connectivity index (χ3v) is 5.82. The Hall–Kier alpha value is -0.780. The highest BCUT2D eigenvalue weighted by molar-refractivity contribution is 7.89. The first-order chi connectivity index (χ1) is 9.90. The van der Waals surface area contributed by atoms with Crippen LogP contribution in [0.5, 0.6) is 5.75 Å². The normalized spacial score (nSPS) is 13.4. The Morgan fingerprint density at radius 2 is 2.00 bits per heavy atom. The lowest BCUT2D eigenvalue weighted by Crippen LogP contribution is -2.34. The lowest BCUT2D eigenvalue weighted by Gasteiger charge is -2.24. The SMILES string of the molecule is CCC(C)CN(CC)S(=O)(=O)c1ccc(OC)c(CCl)c1. The third-order valence-electron chi connectivity index (χ3n) is 3.60. The molecule has 1 unspecified atom stereocenters. The van der Waals surface area contributed by atoms with Gasteiger partial charge < -0.3 is 4.74 Å². The Kier molecular flexibility index (Phi) is 6.97. The third kappa shape index (κ3) is 4.34. The van der Waals surface area contributed by atoms with Crippen LogP contribution < -0.4 is 4.74 Å². The summed E-state index contributed by atoms with van der Waals surface area (Å²) >= 11 is 5.86. The summed E-state index contributed by atoms with van der Waals surface area (Å²) in [5, 5.41) is 0. The number of hydrogen-bond donors (Lipinski definition) is 0. The minimum Gasteiger partial charge on any atom is -0.496 e. The topological polar surface area (TPSA) is 46.6 Å². The van der Waals surface area contributed by atoms with Gasteiger partial charge in [0, 0.05) is 18.7 Å². The van der Waals surface area contributed by atoms with Gasteiger partial charge in [-0.1, -0.05) is 27.2 Å². The fraction of sp³-hybridized carbons (Fsp3) is 0.600. The van der Waals surface area contributed by atoms with Gasteiger partial charge >= 0.3 is 0 Å². The molecule has 1 atom stereocenters. The number of rotatable bonds is 8. The fourth-order valence-corrected chi connectivity index (χ4v) is 3.87. The van der Waals surface area contributed by atoms with Crippen molar-refractivity contribution in [1.82, 2.24) is 4.31 Å². The molecule has 0 spiro atoms. The molecular weight excluding hydrogens is 310 g/mol. The van der Waals surface area contributed by atoms with E-state index in [4.69, 9.17) is 16.3 Å². The molecule has 0 fully saturated rings. The molecule has 0 heterocycles. The van der Waals surface area contributed by atoms with Gasteiger partial charge in [0.05, 0.1) is 17.9 Å². The monoisotopic (exact) mass is 333 g/mol. The van der Waals surface area contributed by atoms with Gasteiger partial charge in [0.2, 0.25) is 10.0 Å². The van der Waals surface area contributed by atoms with Gasteiger partial charge in [-0.05, 0) is 24.1 Å². The minimum absolute atomic E-state index is 0.212. The van der Waals surface area contributed by atoms with Gasteiger partial charge in [0.25, 0.3) is 0 Å². The Balaban J connectivity index is 3.16. The van der Waals surface area contributed by atoms with Crippen LogP contribution in [0.15, 0.2) is 23.1 Å². The van der Waals surface area contributed by atoms with E-state index in [0.29, 0.717) is 30.3 Å². The number of nitrogens with zero attached hydrogens (tertiary/aromatic N) is 1. The molecule has 1 aromatic rings. The van der Waals surface area contributed by atoms with Gasteiger partial charge in [-0.15, -0.1) is 11.6 Å². The first-order valence-corrected chi connectivity index (χ1v) is 9.11. The van der Waals surface area contributed by atoms with Crippen molar-refractivity contribution < 1.29 is 13.2 Å². The van der Waals surface area contributed by atoms with Crippen molar-refractivity contribution in [1.29, 1.82) is 0 Å². The molecule has 4 nitrogen and oxygen atoms in total. The van der Waals surface area contributed by atoms with Crippen LogP contribution in [0.2, 0.25) is 0 Å². The second kappa shape index (κ2) is 8.01. The molecular formula is C15H24ClNO3S. The van der Waals surface area contributed by atoms with Gasteiger partial charge in [-0.2, -0.15) is 4.31 Å². The number of halogens is 1. The highest BCUT2D eigenvalue weighted by atomic mass is 35.5. The summed E-state index contributed by atoms with van der Waals surface area (Å²) in [7, 11) is -1.95. The second-order valence-electron chi connectivity index (χ2n) is 5.08. The number of ether oxygens (including phenoxy) is 1. The lowest BCUT2D eigenvalue weighted by atomic mass is 10.1. The Morgan fingerprint density at radius 3 is 2.48 bits per heavy atom. The fourth-order valence-electron chi connectivity index (χ4n) is 2.04. The van der Waals surface area contributed by atoms with E-state index in [1.165, 1.54) is 4.31 Å². The zero-order valence-electron chi connectivity index (χ0n) is 13.1. The summed E-state index contributed by atoms with van der Waals surface area (Å²) in [6.07, 6.45) is 0.946. The number of methoxy groups -OCH3 is 1. The zero-order valence-corrected chi connectivity index (χ0v) is 14.7. The van der Waals surface area contributed by atoms with Gasteiger partial charge in [0.1, 0.15) is 5.75 Å². The van der Waals surface area contributed by atoms with Gasteiger partial charge in [-0.3, -0.25) is 0 Å². The van der Waals surface area contributed by atoms with Gasteiger partial charge in [-0.25, -0.2) is 8.42 Å². The van der Waals surface area contributed by atoms with Crippen LogP contribution in [-0.4, -0.2) is 32.9 Å². The van der Waals surface area contributed by atoms with E-state index in [1.807, 2.05) is 6.92 Å². The summed E-state index contributed by atoms with van der Waals surface area (Å²) in [5.74, 6) is 1.14. The van der Waals surface area contributed by atoms with Crippen LogP contribution in [0.4, 0.5) is 0 Å². The molecule has 6 heteroatoms. The molecule has 0 radical (unpaired) electrons. The summed E-state index contributed by atoms with van der Waals surface area (Å²) < 4.78 is 32.1. The molecule has 1 aromatic carbocycles. The van der Waals surface area contributed by atoms with Crippen LogP contribution >= 0.6 is 11.6 Å². The Bertz CT molecular complexity index is 560. The smallest absolute Gasteiger partial charge is 0.243 e. The van der Waals surface area contributed by atoms with E-state index >= 15 is 0 Å². The molecule has 0 aliphatic heterocycles. The van der Waals surface area contributed by atoms with Crippen molar-refractivity contribution in [3.8, 4) is 5.75 Å². The Morgan fingerprint density at radius 1 is 1.33 bits per heavy atom. The van der Waals surface area contributed by atoms with Crippen LogP contribution in [0.3, 0.4) is 0 Å². The predicted octanol–water partition coefficient (Wildman–Crippen LogP) is 3.49. The molecule has 120 valence electrons. The zero-order chi connectivity index (χ0) is 16.0. The van der Waals surface area contributed by atoms with E-state index in [2.05, 4.69) is 13.8 Å². The van der Waals surface area contributed by atoms with E-state index in [0.717, 1.165) is 6.42 Å². The van der Waals surface area contributed by atoms with Crippen LogP contribution in [0.1, 0.15) is 32.8 Å². The van der Waals surface area contributed by atoms with Crippen LogP contribution in [0, 0.1) is 5.92 Å². The molecule has 21 heavy (non-hydrogen) atoms. The summed E-state index contributed by atoms with van der Waals surface area (Å²) in [4.78, 5) is 0.268. The van der Waals surface area contributed by atoms with Crippen LogP contribution in [0.25, 0.3) is 0 Å². The summed E-state index contributed by atoms with van der Waals surface area (Å²) in [6.45, 7) is 6.94. The van der Waals surface area contributed by atoms with E-state index < -0.39 is 10.0 Å². The highest BCUT2D eigenvalue weighted by Crippen LogP contribution is 2.26. The first kappa shape index (κ1) is 18.3. The minimum atomic E-state index is -3.49. The average molecular weight is 334 g/mol. The molecule has 0 aromatic heterocycles. The molecule has 0 bridgehead atoms. The maximum atomic E-state index is 12.7. The van der Waals surface area contributed by atoms with Crippen molar-refractivity contribution in [2.45, 2.75) is 38.0 Å². The number of sulfonamides is 1. The van der Waals surface area contributed by atoms with E-state index in [1.54, 1.807) is 25.3 Å². The molecule has 1 rings (SSSR count). The van der Waals surface area contributed by atoms with E-state index in [9.17, 15) is 8.42 Å². The lowest BCUT2D eigenvalue weighted by molar-refractivity contribution is 0.361. The first-order valence-electron chi connectivity index (χ1n) is 7.13. The highest BCUT2D eigenvalue weighted by Gasteiger charge is 2.25. The van der Waals surface area contributed by atoms with Crippen molar-refractivity contribution in [3.05, 3.63) is 23.8 Å². The Labute approximate surface area is 133 Å². The van der Waals surface area contributed by atoms with Crippen LogP contribution in [-0.2, 0) is 15.9 Å². The number of benzene rings is 1. The summed E-state index contributed by atoms with van der Waals surface area (Å²) in [6, 6.07) is 4.83. The molecule has 0 N–H and O–H groups in total. The quantitative estimate of drug-likeness (QED) is 0.684. The second-order valence-corrected chi connectivity index (χ2v) is 7.28. The van der Waals surface area contributed by atoms with Crippen molar-refractivity contribution in [2.24, 2.45) is 5.92 Å². The molecule has 0 aliphatic carbocycles. The standard InChI is InChI=1S/C15H24ClNO3S/c1-5-12(3)11-17(6-2)21(18,19)14-7-8-15(20-4)13(9-14)10-16/h7-9,12H,5-6,10-11H2,1-4H3. The molecule has 0 saturated carbocycles. The maximum absolute atomic E-state index is 12.7. The van der Waals surface area contributed by atoms with Crippen molar-refractivity contribution in [3.63, 3.8) is 0 Å². The van der Waals surface area contributed by atoms with Crippen molar-refractivity contribution in [2.75, 3.05) is 20.2 Å². The summed E-state index contributed by atoms with van der Waals surface area (Å²) in [5.41, 5.74) is 0.680. The van der Waals surface area contributed by atoms with Crippen molar-refractivity contribution >= 4 is 21.6 Å². The number of hydrogen-bond acceptors (Lipinski definition) is 3. The van der Waals surface area contributed by atoms with Gasteiger partial charge in [0.15, 0.2) is 0 Å². The number of alkyl halides is 1. The molecule has 0 aliphatic rings. The largest absolute Gasteiger partial charge is 0.496 e. The molecule has 0 saturated heterocycles. The maximum Gasteiger partial charge on any atom is 0.243 e. The predicted molar refractivity (Wildman–Crippen MR) is 86.4 cm³/mol. The molecule has 0 amide bonds.